The first-order chi connectivity index (χ1) is 11.7. The van der Waals surface area contributed by atoms with Crippen molar-refractivity contribution in [3.8, 4) is 5.88 Å². The summed E-state index contributed by atoms with van der Waals surface area (Å²) in [7, 11) is 1.45. The second-order valence-electron chi connectivity index (χ2n) is 5.33. The summed E-state index contributed by atoms with van der Waals surface area (Å²) in [6.45, 7) is 0.688. The quantitative estimate of drug-likeness (QED) is 0.813. The van der Waals surface area contributed by atoms with Gasteiger partial charge in [-0.3, -0.25) is 9.59 Å². The van der Waals surface area contributed by atoms with Gasteiger partial charge in [0, 0.05) is 25.1 Å². The summed E-state index contributed by atoms with van der Waals surface area (Å²) in [5, 5.41) is 9.34. The van der Waals surface area contributed by atoms with Gasteiger partial charge >= 0.3 is 0 Å². The maximum absolute atomic E-state index is 12.2. The van der Waals surface area contributed by atoms with Crippen LogP contribution in [-0.2, 0) is 11.3 Å². The van der Waals surface area contributed by atoms with E-state index in [1.807, 2.05) is 0 Å². The van der Waals surface area contributed by atoms with Gasteiger partial charge in [-0.25, -0.2) is 4.98 Å². The lowest BCUT2D eigenvalue weighted by molar-refractivity contribution is -0.122. The SMILES string of the molecule is COc1ncccc1C(=O)NCc1nc(C2CCNC(=O)C2)no1. The molecular formula is C15H17N5O4. The fourth-order valence-corrected chi connectivity index (χ4v) is 2.49. The van der Waals surface area contributed by atoms with E-state index in [9.17, 15) is 9.59 Å². The molecule has 9 nitrogen and oxygen atoms in total. The highest BCUT2D eigenvalue weighted by Crippen LogP contribution is 2.23. The van der Waals surface area contributed by atoms with Gasteiger partial charge in [0.1, 0.15) is 5.56 Å². The summed E-state index contributed by atoms with van der Waals surface area (Å²) in [5.74, 6) is 0.603. The summed E-state index contributed by atoms with van der Waals surface area (Å²) in [6.07, 6.45) is 2.66. The van der Waals surface area contributed by atoms with Crippen molar-refractivity contribution in [3.05, 3.63) is 35.6 Å². The van der Waals surface area contributed by atoms with E-state index >= 15 is 0 Å². The molecule has 2 amide bonds. The minimum atomic E-state index is -0.350. The van der Waals surface area contributed by atoms with Crippen LogP contribution in [0.2, 0.25) is 0 Å². The van der Waals surface area contributed by atoms with Gasteiger partial charge in [-0.2, -0.15) is 4.98 Å². The molecule has 1 aliphatic heterocycles. The Kier molecular flexibility index (Phi) is 4.69. The largest absolute Gasteiger partial charge is 0.480 e. The van der Waals surface area contributed by atoms with E-state index in [2.05, 4.69) is 25.8 Å². The fraction of sp³-hybridized carbons (Fsp3) is 0.400. The van der Waals surface area contributed by atoms with Gasteiger partial charge < -0.3 is 19.9 Å². The molecule has 1 fully saturated rings. The number of carbonyl (C=O) groups is 2. The number of carbonyl (C=O) groups excluding carboxylic acids is 2. The van der Waals surface area contributed by atoms with Gasteiger partial charge in [-0.1, -0.05) is 5.16 Å². The Morgan fingerprint density at radius 2 is 2.42 bits per heavy atom. The number of rotatable bonds is 5. The summed E-state index contributed by atoms with van der Waals surface area (Å²) in [6, 6.07) is 3.26. The third-order valence-corrected chi connectivity index (χ3v) is 3.71. The number of ether oxygens (including phenoxy) is 1. The third kappa shape index (κ3) is 3.50. The van der Waals surface area contributed by atoms with Gasteiger partial charge in [-0.15, -0.1) is 0 Å². The first kappa shape index (κ1) is 15.9. The summed E-state index contributed by atoms with van der Waals surface area (Å²) in [4.78, 5) is 31.8. The van der Waals surface area contributed by atoms with Gasteiger partial charge in [0.15, 0.2) is 5.82 Å². The zero-order valence-electron chi connectivity index (χ0n) is 13.1. The van der Waals surface area contributed by atoms with Crippen molar-refractivity contribution < 1.29 is 18.8 Å². The Morgan fingerprint density at radius 3 is 3.21 bits per heavy atom. The van der Waals surface area contributed by atoms with E-state index in [1.165, 1.54) is 7.11 Å². The second kappa shape index (κ2) is 7.07. The summed E-state index contributed by atoms with van der Waals surface area (Å²) >= 11 is 0. The minimum Gasteiger partial charge on any atom is -0.480 e. The first-order valence-corrected chi connectivity index (χ1v) is 7.53. The van der Waals surface area contributed by atoms with Crippen molar-refractivity contribution in [2.45, 2.75) is 25.3 Å². The molecule has 0 spiro atoms. The number of aromatic nitrogens is 3. The van der Waals surface area contributed by atoms with Crippen LogP contribution in [0.4, 0.5) is 0 Å². The van der Waals surface area contributed by atoms with Crippen LogP contribution in [-0.4, -0.2) is 40.6 Å². The van der Waals surface area contributed by atoms with E-state index in [1.54, 1.807) is 18.3 Å². The molecule has 0 bridgehead atoms. The zero-order valence-corrected chi connectivity index (χ0v) is 13.1. The Morgan fingerprint density at radius 1 is 1.54 bits per heavy atom. The lowest BCUT2D eigenvalue weighted by Crippen LogP contribution is -2.32. The Labute approximate surface area is 137 Å². The van der Waals surface area contributed by atoms with Crippen LogP contribution >= 0.6 is 0 Å². The van der Waals surface area contributed by atoms with Crippen molar-refractivity contribution in [2.75, 3.05) is 13.7 Å². The van der Waals surface area contributed by atoms with Gasteiger partial charge in [0.2, 0.25) is 17.7 Å². The van der Waals surface area contributed by atoms with Crippen molar-refractivity contribution in [1.29, 1.82) is 0 Å². The third-order valence-electron chi connectivity index (χ3n) is 3.71. The number of nitrogens with one attached hydrogen (secondary N) is 2. The molecule has 0 radical (unpaired) electrons. The molecule has 1 aliphatic rings. The van der Waals surface area contributed by atoms with Gasteiger partial charge in [-0.05, 0) is 18.6 Å². The number of methoxy groups -OCH3 is 1. The molecule has 3 rings (SSSR count). The average Bonchev–Trinajstić information content (AvgIpc) is 3.08. The predicted octanol–water partition coefficient (Wildman–Crippen LogP) is 0.397. The fourth-order valence-electron chi connectivity index (χ4n) is 2.49. The Hall–Kier alpha value is -2.97. The minimum absolute atomic E-state index is 0.0189. The molecule has 1 saturated heterocycles. The monoisotopic (exact) mass is 331 g/mol. The van der Waals surface area contributed by atoms with Crippen LogP contribution in [0.15, 0.2) is 22.9 Å². The summed E-state index contributed by atoms with van der Waals surface area (Å²) in [5.41, 5.74) is 0.323. The topological polar surface area (TPSA) is 119 Å². The molecule has 126 valence electrons. The van der Waals surface area contributed by atoms with Crippen LogP contribution in [0, 0.1) is 0 Å². The number of hydrogen-bond acceptors (Lipinski definition) is 7. The highest BCUT2D eigenvalue weighted by Gasteiger charge is 2.25. The van der Waals surface area contributed by atoms with Gasteiger partial charge in [0.05, 0.1) is 13.7 Å². The van der Waals surface area contributed by atoms with Crippen molar-refractivity contribution in [3.63, 3.8) is 0 Å². The van der Waals surface area contributed by atoms with Crippen LogP contribution < -0.4 is 15.4 Å². The lowest BCUT2D eigenvalue weighted by Gasteiger charge is -2.18. The van der Waals surface area contributed by atoms with Crippen LogP contribution in [0.25, 0.3) is 0 Å². The van der Waals surface area contributed by atoms with Crippen molar-refractivity contribution in [2.24, 2.45) is 0 Å². The number of nitrogens with zero attached hydrogens (tertiary/aromatic N) is 3. The molecule has 9 heteroatoms. The molecule has 0 aliphatic carbocycles. The van der Waals surface area contributed by atoms with Crippen LogP contribution in [0.1, 0.15) is 40.8 Å². The normalized spacial score (nSPS) is 17.2. The van der Waals surface area contributed by atoms with E-state index in [4.69, 9.17) is 9.26 Å². The van der Waals surface area contributed by atoms with Gasteiger partial charge in [0.25, 0.3) is 5.91 Å². The summed E-state index contributed by atoms with van der Waals surface area (Å²) < 4.78 is 10.2. The molecule has 2 aromatic rings. The highest BCUT2D eigenvalue weighted by molar-refractivity contribution is 5.96. The molecule has 0 saturated carbocycles. The highest BCUT2D eigenvalue weighted by atomic mass is 16.5. The number of pyridine rings is 1. The van der Waals surface area contributed by atoms with Crippen molar-refractivity contribution >= 4 is 11.8 Å². The smallest absolute Gasteiger partial charge is 0.257 e. The maximum Gasteiger partial charge on any atom is 0.257 e. The van der Waals surface area contributed by atoms with E-state index in [0.29, 0.717) is 24.4 Å². The molecule has 0 aromatic carbocycles. The molecule has 24 heavy (non-hydrogen) atoms. The Balaban J connectivity index is 1.61. The molecule has 1 atom stereocenters. The molecule has 2 aromatic heterocycles. The number of hydrogen-bond donors (Lipinski definition) is 2. The molecule has 1 unspecified atom stereocenters. The molecule has 2 N–H and O–H groups in total. The molecular weight excluding hydrogens is 314 g/mol. The maximum atomic E-state index is 12.2. The van der Waals surface area contributed by atoms with Crippen molar-refractivity contribution in [1.82, 2.24) is 25.8 Å². The van der Waals surface area contributed by atoms with E-state index in [-0.39, 0.29) is 36.0 Å². The first-order valence-electron chi connectivity index (χ1n) is 7.53. The Bertz CT molecular complexity index is 745. The van der Waals surface area contributed by atoms with E-state index < -0.39 is 0 Å². The second-order valence-corrected chi connectivity index (χ2v) is 5.33. The number of piperidine rings is 1. The number of amides is 2. The molecule has 3 heterocycles. The van der Waals surface area contributed by atoms with Crippen LogP contribution in [0.5, 0.6) is 5.88 Å². The average molecular weight is 331 g/mol. The van der Waals surface area contributed by atoms with Crippen LogP contribution in [0.3, 0.4) is 0 Å². The standard InChI is InChI=1S/C15H17N5O4/c1-23-15-10(3-2-5-17-15)14(22)18-8-12-19-13(20-24-12)9-4-6-16-11(21)7-9/h2-3,5,9H,4,6-8H2,1H3,(H,16,21)(H,18,22). The lowest BCUT2D eigenvalue weighted by atomic mass is 9.97. The van der Waals surface area contributed by atoms with E-state index in [0.717, 1.165) is 6.42 Å². The zero-order chi connectivity index (χ0) is 16.9. The predicted molar refractivity (Wildman–Crippen MR) is 81.2 cm³/mol.